The van der Waals surface area contributed by atoms with E-state index >= 15 is 0 Å². The summed E-state index contributed by atoms with van der Waals surface area (Å²) in [5.74, 6) is 0.0520. The highest BCUT2D eigenvalue weighted by molar-refractivity contribution is 7.07. The lowest BCUT2D eigenvalue weighted by atomic mass is 10.0. The van der Waals surface area contributed by atoms with Crippen LogP contribution in [0, 0.1) is 22.9 Å². The molecule has 2 aromatic heterocycles. The van der Waals surface area contributed by atoms with Gasteiger partial charge in [0.1, 0.15) is 11.0 Å². The van der Waals surface area contributed by atoms with Crippen LogP contribution >= 0.6 is 22.9 Å². The molecule has 0 atom stereocenters. The molecule has 0 amide bonds. The van der Waals surface area contributed by atoms with Crippen molar-refractivity contribution in [3.8, 4) is 16.9 Å². The monoisotopic (exact) mass is 574 g/mol. The number of aromatic nitrogens is 3. The molecule has 5 aromatic rings. The molecule has 0 unspecified atom stereocenters. The first-order chi connectivity index (χ1) is 19.2. The summed E-state index contributed by atoms with van der Waals surface area (Å²) in [6.07, 6.45) is 1.60. The van der Waals surface area contributed by atoms with E-state index in [-0.39, 0.29) is 11.5 Å². The van der Waals surface area contributed by atoms with Crippen molar-refractivity contribution < 1.29 is 9.31 Å². The number of non-ortho nitro benzene ring substituents is 1. The molecule has 2 heterocycles. The minimum absolute atomic E-state index is 0.000187. The second-order valence-corrected chi connectivity index (χ2v) is 10.5. The van der Waals surface area contributed by atoms with E-state index in [0.717, 1.165) is 11.3 Å². The minimum Gasteiger partial charge on any atom is -0.258 e. The van der Waals surface area contributed by atoms with E-state index in [9.17, 15) is 14.5 Å². The molecule has 3 aromatic carbocycles. The summed E-state index contributed by atoms with van der Waals surface area (Å²) >= 11 is 8.07. The van der Waals surface area contributed by atoms with Crippen LogP contribution in [0.4, 0.5) is 15.8 Å². The van der Waals surface area contributed by atoms with Crippen molar-refractivity contribution in [1.29, 1.82) is 0 Å². The highest BCUT2D eigenvalue weighted by atomic mass is 35.5. The van der Waals surface area contributed by atoms with Gasteiger partial charge in [-0.05, 0) is 66.9 Å². The number of nitro benzene ring substituents is 1. The third-order valence-electron chi connectivity index (χ3n) is 6.27. The predicted octanol–water partition coefficient (Wildman–Crippen LogP) is 7.65. The Kier molecular flexibility index (Phi) is 7.72. The Morgan fingerprint density at radius 2 is 1.73 bits per heavy atom. The first kappa shape index (κ1) is 27.2. The zero-order valence-corrected chi connectivity index (χ0v) is 23.4. The first-order valence-corrected chi connectivity index (χ1v) is 13.6. The van der Waals surface area contributed by atoms with Gasteiger partial charge in [0.25, 0.3) is 5.69 Å². The molecule has 0 N–H and O–H groups in total. The molecule has 0 saturated carbocycles. The Morgan fingerprint density at radius 1 is 1.05 bits per heavy atom. The Morgan fingerprint density at radius 3 is 2.35 bits per heavy atom. The van der Waals surface area contributed by atoms with E-state index in [4.69, 9.17) is 21.7 Å². The van der Waals surface area contributed by atoms with Crippen molar-refractivity contribution in [2.24, 2.45) is 10.1 Å². The molecule has 0 fully saturated rings. The average molecular weight is 575 g/mol. The van der Waals surface area contributed by atoms with Gasteiger partial charge in [0.05, 0.1) is 39.5 Å². The van der Waals surface area contributed by atoms with E-state index in [0.29, 0.717) is 38.5 Å². The van der Waals surface area contributed by atoms with Crippen molar-refractivity contribution >= 4 is 40.5 Å². The van der Waals surface area contributed by atoms with Gasteiger partial charge in [-0.15, -0.1) is 11.3 Å². The third-order valence-corrected chi connectivity index (χ3v) is 7.45. The van der Waals surface area contributed by atoms with Crippen LogP contribution in [0.15, 0.2) is 88.3 Å². The van der Waals surface area contributed by atoms with Crippen LogP contribution < -0.4 is 4.80 Å². The van der Waals surface area contributed by atoms with E-state index in [1.54, 1.807) is 35.2 Å². The van der Waals surface area contributed by atoms with E-state index in [2.05, 4.69) is 31.1 Å². The van der Waals surface area contributed by atoms with Crippen LogP contribution in [0.25, 0.3) is 16.9 Å². The van der Waals surface area contributed by atoms with E-state index in [1.807, 2.05) is 24.4 Å². The predicted molar refractivity (Wildman–Crippen MR) is 156 cm³/mol. The molecule has 0 saturated heterocycles. The van der Waals surface area contributed by atoms with Gasteiger partial charge in [0, 0.05) is 23.1 Å². The Hall–Kier alpha value is -4.41. The normalized spacial score (nSPS) is 12.1. The summed E-state index contributed by atoms with van der Waals surface area (Å²) < 4.78 is 16.6. The molecule has 0 spiro atoms. The molecule has 0 radical (unpaired) electrons. The molecular formula is C29H24ClFN6O2S. The van der Waals surface area contributed by atoms with Crippen LogP contribution in [0.3, 0.4) is 0 Å². The second kappa shape index (κ2) is 11.4. The molecule has 202 valence electrons. The molecule has 11 heteroatoms. The summed E-state index contributed by atoms with van der Waals surface area (Å²) in [5, 5.41) is 22.6. The fraction of sp³-hybridized carbons (Fsp3) is 0.138. The molecule has 0 aliphatic carbocycles. The van der Waals surface area contributed by atoms with Crippen LogP contribution in [-0.4, -0.2) is 25.6 Å². The third kappa shape index (κ3) is 5.63. The van der Waals surface area contributed by atoms with Crippen LogP contribution in [-0.2, 0) is 0 Å². The zero-order chi connectivity index (χ0) is 28.4. The lowest BCUT2D eigenvalue weighted by Gasteiger charge is -2.05. The number of hydrogen-bond donors (Lipinski definition) is 0. The lowest BCUT2D eigenvalue weighted by molar-refractivity contribution is -0.384. The van der Waals surface area contributed by atoms with Gasteiger partial charge < -0.3 is 0 Å². The van der Waals surface area contributed by atoms with Crippen LogP contribution in [0.5, 0.6) is 0 Å². The standard InChI is InChI=1S/C29H24ClFN6O2S/c1-18(2)20-4-10-23(11-5-20)33-29-36(27(17-40-29)21-6-12-25(13-7-21)37(38)39)32-16-26-19(3)34-35(28(26)30)24-14-8-22(31)9-15-24/h4-18H,1-3H3/b32-16+,33-29?. The molecule has 40 heavy (non-hydrogen) atoms. The van der Waals surface area contributed by atoms with Crippen LogP contribution in [0.2, 0.25) is 5.15 Å². The lowest BCUT2D eigenvalue weighted by Crippen LogP contribution is -2.11. The Balaban J connectivity index is 1.60. The van der Waals surface area contributed by atoms with Gasteiger partial charge in [-0.3, -0.25) is 10.1 Å². The summed E-state index contributed by atoms with van der Waals surface area (Å²) in [5.41, 5.74) is 5.26. The van der Waals surface area contributed by atoms with Crippen molar-refractivity contribution in [2.75, 3.05) is 0 Å². The molecule has 0 aliphatic rings. The van der Waals surface area contributed by atoms with E-state index in [1.165, 1.54) is 45.8 Å². The fourth-order valence-electron chi connectivity index (χ4n) is 4.01. The molecule has 5 rings (SSSR count). The highest BCUT2D eigenvalue weighted by Gasteiger charge is 2.15. The number of hydrogen-bond acceptors (Lipinski definition) is 6. The number of benzene rings is 3. The maximum absolute atomic E-state index is 13.4. The highest BCUT2D eigenvalue weighted by Crippen LogP contribution is 2.26. The zero-order valence-electron chi connectivity index (χ0n) is 21.8. The van der Waals surface area contributed by atoms with Gasteiger partial charge in [-0.2, -0.15) is 10.2 Å². The minimum atomic E-state index is -0.436. The molecule has 0 aliphatic heterocycles. The van der Waals surface area contributed by atoms with Crippen molar-refractivity contribution in [3.05, 3.63) is 121 Å². The van der Waals surface area contributed by atoms with Gasteiger partial charge >= 0.3 is 0 Å². The van der Waals surface area contributed by atoms with Gasteiger partial charge in [-0.1, -0.05) is 37.6 Å². The summed E-state index contributed by atoms with van der Waals surface area (Å²) in [4.78, 5) is 16.1. The first-order valence-electron chi connectivity index (χ1n) is 12.4. The summed E-state index contributed by atoms with van der Waals surface area (Å²) in [6.45, 7) is 6.08. The van der Waals surface area contributed by atoms with Gasteiger partial charge in [0.15, 0.2) is 0 Å². The SMILES string of the molecule is Cc1nn(-c2ccc(F)cc2)c(Cl)c1/C=N/n1c(-c2ccc([N+](=O)[O-])cc2)csc1=Nc1ccc(C(C)C)cc1. The number of nitrogens with zero attached hydrogens (tertiary/aromatic N) is 6. The number of rotatable bonds is 7. The van der Waals surface area contributed by atoms with Gasteiger partial charge in [0.2, 0.25) is 4.80 Å². The second-order valence-electron chi connectivity index (χ2n) is 9.30. The Labute approximate surface area is 238 Å². The summed E-state index contributed by atoms with van der Waals surface area (Å²) in [6, 6.07) is 20.2. The smallest absolute Gasteiger partial charge is 0.258 e. The molecule has 0 bridgehead atoms. The largest absolute Gasteiger partial charge is 0.269 e. The average Bonchev–Trinajstić information content (AvgIpc) is 3.47. The topological polar surface area (TPSA) is 90.6 Å². The number of thiazole rings is 1. The molecule has 8 nitrogen and oxygen atoms in total. The maximum Gasteiger partial charge on any atom is 0.269 e. The van der Waals surface area contributed by atoms with Crippen molar-refractivity contribution in [1.82, 2.24) is 14.5 Å². The molecular weight excluding hydrogens is 551 g/mol. The number of nitro groups is 1. The van der Waals surface area contributed by atoms with Crippen LogP contribution in [0.1, 0.15) is 36.6 Å². The number of aryl methyl sites for hydroxylation is 1. The van der Waals surface area contributed by atoms with Crippen molar-refractivity contribution in [3.63, 3.8) is 0 Å². The Bertz CT molecular complexity index is 1770. The van der Waals surface area contributed by atoms with Crippen molar-refractivity contribution in [2.45, 2.75) is 26.7 Å². The maximum atomic E-state index is 13.4. The number of halogens is 2. The van der Waals surface area contributed by atoms with E-state index < -0.39 is 4.92 Å². The van der Waals surface area contributed by atoms with Gasteiger partial charge in [-0.25, -0.2) is 18.7 Å². The fourth-order valence-corrected chi connectivity index (χ4v) is 5.19. The summed E-state index contributed by atoms with van der Waals surface area (Å²) in [7, 11) is 0. The quantitative estimate of drug-likeness (QED) is 0.113.